The molecule has 0 unspecified atom stereocenters. The van der Waals surface area contributed by atoms with E-state index in [0.29, 0.717) is 17.7 Å². The van der Waals surface area contributed by atoms with Gasteiger partial charge in [-0.15, -0.1) is 12.6 Å². The maximum absolute atomic E-state index is 9.67. The zero-order valence-corrected chi connectivity index (χ0v) is 10.1. The zero-order valence-electron chi connectivity index (χ0n) is 9.22. The standard InChI is InChI=1S/C14H13NOS/c15-12(11-6-2-3-7-13(11)16)9-10-5-1-4-8-14(10)17/h1-8,15-17H,9H2. The van der Waals surface area contributed by atoms with Gasteiger partial charge in [-0.05, 0) is 23.8 Å². The van der Waals surface area contributed by atoms with E-state index in [9.17, 15) is 5.11 Å². The molecule has 2 aromatic carbocycles. The lowest BCUT2D eigenvalue weighted by atomic mass is 10.0. The molecular formula is C14H13NOS. The van der Waals surface area contributed by atoms with Crippen LogP contribution in [0.2, 0.25) is 0 Å². The molecule has 2 nitrogen and oxygen atoms in total. The lowest BCUT2D eigenvalue weighted by Crippen LogP contribution is -2.04. The molecule has 0 bridgehead atoms. The topological polar surface area (TPSA) is 44.1 Å². The molecule has 0 atom stereocenters. The van der Waals surface area contributed by atoms with E-state index in [1.165, 1.54) is 0 Å². The summed E-state index contributed by atoms with van der Waals surface area (Å²) in [5.41, 5.74) is 1.96. The van der Waals surface area contributed by atoms with Gasteiger partial charge in [-0.2, -0.15) is 0 Å². The molecule has 0 saturated carbocycles. The maximum atomic E-state index is 9.67. The summed E-state index contributed by atoms with van der Waals surface area (Å²) in [6.07, 6.45) is 0.469. The third kappa shape index (κ3) is 2.68. The Morgan fingerprint density at radius 2 is 1.71 bits per heavy atom. The van der Waals surface area contributed by atoms with Crippen LogP contribution in [0.5, 0.6) is 5.75 Å². The minimum Gasteiger partial charge on any atom is -0.507 e. The number of aromatic hydroxyl groups is 1. The van der Waals surface area contributed by atoms with Gasteiger partial charge in [-0.3, -0.25) is 0 Å². The number of hydrogen-bond acceptors (Lipinski definition) is 3. The average Bonchev–Trinajstić information content (AvgIpc) is 2.32. The Balaban J connectivity index is 2.24. The molecule has 0 heterocycles. The quantitative estimate of drug-likeness (QED) is 0.562. The van der Waals surface area contributed by atoms with E-state index in [4.69, 9.17) is 5.41 Å². The summed E-state index contributed by atoms with van der Waals surface area (Å²) in [7, 11) is 0. The van der Waals surface area contributed by atoms with Crippen molar-refractivity contribution in [2.24, 2.45) is 0 Å². The molecule has 2 rings (SSSR count). The van der Waals surface area contributed by atoms with Gasteiger partial charge in [0.05, 0.1) is 0 Å². The average molecular weight is 243 g/mol. The Morgan fingerprint density at radius 1 is 1.06 bits per heavy atom. The SMILES string of the molecule is N=C(Cc1ccccc1S)c1ccccc1O. The third-order valence-electron chi connectivity index (χ3n) is 2.59. The fraction of sp³-hybridized carbons (Fsp3) is 0.0714. The Kier molecular flexibility index (Phi) is 3.49. The Hall–Kier alpha value is -1.74. The van der Waals surface area contributed by atoms with Crippen molar-refractivity contribution in [1.29, 1.82) is 5.41 Å². The minimum absolute atomic E-state index is 0.147. The van der Waals surface area contributed by atoms with Gasteiger partial charge in [0.25, 0.3) is 0 Å². The van der Waals surface area contributed by atoms with Crippen molar-refractivity contribution >= 4 is 18.3 Å². The molecule has 0 aliphatic carbocycles. The summed E-state index contributed by atoms with van der Waals surface area (Å²) in [5, 5.41) is 17.7. The summed E-state index contributed by atoms with van der Waals surface area (Å²) in [6, 6.07) is 14.6. The number of hydrogen-bond donors (Lipinski definition) is 3. The first-order valence-corrected chi connectivity index (χ1v) is 5.76. The van der Waals surface area contributed by atoms with Crippen LogP contribution < -0.4 is 0 Å². The van der Waals surface area contributed by atoms with Crippen molar-refractivity contribution in [3.8, 4) is 5.75 Å². The molecule has 0 aromatic heterocycles. The summed E-state index contributed by atoms with van der Waals surface area (Å²) in [6.45, 7) is 0. The second kappa shape index (κ2) is 5.06. The second-order valence-corrected chi connectivity index (χ2v) is 4.28. The molecule has 0 saturated heterocycles. The Morgan fingerprint density at radius 3 is 2.41 bits per heavy atom. The van der Waals surface area contributed by atoms with Crippen molar-refractivity contribution in [2.45, 2.75) is 11.3 Å². The number of para-hydroxylation sites is 1. The highest BCUT2D eigenvalue weighted by atomic mass is 32.1. The first-order valence-electron chi connectivity index (χ1n) is 5.31. The van der Waals surface area contributed by atoms with Gasteiger partial charge in [-0.1, -0.05) is 30.3 Å². The van der Waals surface area contributed by atoms with Gasteiger partial charge in [0.1, 0.15) is 5.75 Å². The third-order valence-corrected chi connectivity index (χ3v) is 3.02. The molecule has 3 heteroatoms. The van der Waals surface area contributed by atoms with E-state index in [0.717, 1.165) is 10.5 Å². The van der Waals surface area contributed by atoms with Crippen LogP contribution in [0.1, 0.15) is 11.1 Å². The second-order valence-electron chi connectivity index (χ2n) is 3.80. The molecular weight excluding hydrogens is 230 g/mol. The Labute approximate surface area is 106 Å². The molecule has 86 valence electrons. The summed E-state index contributed by atoms with van der Waals surface area (Å²) >= 11 is 4.35. The van der Waals surface area contributed by atoms with E-state index in [1.807, 2.05) is 30.3 Å². The highest BCUT2D eigenvalue weighted by Crippen LogP contribution is 2.20. The minimum atomic E-state index is 0.147. The molecule has 0 spiro atoms. The van der Waals surface area contributed by atoms with Crippen LogP contribution in [0.15, 0.2) is 53.4 Å². The summed E-state index contributed by atoms with van der Waals surface area (Å²) in [5.74, 6) is 0.147. The molecule has 17 heavy (non-hydrogen) atoms. The van der Waals surface area contributed by atoms with E-state index in [1.54, 1.807) is 18.2 Å². The Bertz CT molecular complexity index is 551. The van der Waals surface area contributed by atoms with Gasteiger partial charge in [0.15, 0.2) is 0 Å². The first-order chi connectivity index (χ1) is 8.18. The van der Waals surface area contributed by atoms with E-state index >= 15 is 0 Å². The van der Waals surface area contributed by atoms with Gasteiger partial charge in [0, 0.05) is 22.6 Å². The van der Waals surface area contributed by atoms with Crippen molar-refractivity contribution in [2.75, 3.05) is 0 Å². The van der Waals surface area contributed by atoms with Gasteiger partial charge < -0.3 is 10.5 Å². The molecule has 2 N–H and O–H groups in total. The van der Waals surface area contributed by atoms with Crippen LogP contribution in [-0.4, -0.2) is 10.8 Å². The normalized spacial score (nSPS) is 10.2. The van der Waals surface area contributed by atoms with Crippen molar-refractivity contribution in [3.63, 3.8) is 0 Å². The van der Waals surface area contributed by atoms with Gasteiger partial charge in [-0.25, -0.2) is 0 Å². The van der Waals surface area contributed by atoms with E-state index in [2.05, 4.69) is 12.6 Å². The lowest BCUT2D eigenvalue weighted by Gasteiger charge is -2.08. The monoisotopic (exact) mass is 243 g/mol. The number of phenolic OH excluding ortho intramolecular Hbond substituents is 1. The van der Waals surface area contributed by atoms with Gasteiger partial charge >= 0.3 is 0 Å². The lowest BCUT2D eigenvalue weighted by molar-refractivity contribution is 0.474. The molecule has 2 aromatic rings. The number of benzene rings is 2. The van der Waals surface area contributed by atoms with Crippen LogP contribution in [0.3, 0.4) is 0 Å². The van der Waals surface area contributed by atoms with Crippen molar-refractivity contribution < 1.29 is 5.11 Å². The van der Waals surface area contributed by atoms with Crippen molar-refractivity contribution in [1.82, 2.24) is 0 Å². The molecule has 0 radical (unpaired) electrons. The van der Waals surface area contributed by atoms with Crippen LogP contribution in [-0.2, 0) is 6.42 Å². The van der Waals surface area contributed by atoms with Crippen LogP contribution in [0.25, 0.3) is 0 Å². The molecule has 0 amide bonds. The molecule has 0 aliphatic rings. The number of thiol groups is 1. The molecule has 0 fully saturated rings. The van der Waals surface area contributed by atoms with Crippen LogP contribution >= 0.6 is 12.6 Å². The first kappa shape index (κ1) is 11.7. The largest absolute Gasteiger partial charge is 0.507 e. The van der Waals surface area contributed by atoms with Crippen LogP contribution in [0, 0.1) is 5.41 Å². The summed E-state index contributed by atoms with van der Waals surface area (Å²) in [4.78, 5) is 0.868. The zero-order chi connectivity index (χ0) is 12.3. The smallest absolute Gasteiger partial charge is 0.124 e. The number of phenols is 1. The fourth-order valence-electron chi connectivity index (χ4n) is 1.67. The predicted molar refractivity (Wildman–Crippen MR) is 72.3 cm³/mol. The number of rotatable bonds is 3. The van der Waals surface area contributed by atoms with Crippen molar-refractivity contribution in [3.05, 3.63) is 59.7 Å². The summed E-state index contributed by atoms with van der Waals surface area (Å²) < 4.78 is 0. The van der Waals surface area contributed by atoms with E-state index < -0.39 is 0 Å². The molecule has 0 aliphatic heterocycles. The van der Waals surface area contributed by atoms with Crippen LogP contribution in [0.4, 0.5) is 0 Å². The van der Waals surface area contributed by atoms with Gasteiger partial charge in [0.2, 0.25) is 0 Å². The maximum Gasteiger partial charge on any atom is 0.124 e. The number of nitrogens with one attached hydrogen (secondary N) is 1. The highest BCUT2D eigenvalue weighted by molar-refractivity contribution is 7.80. The highest BCUT2D eigenvalue weighted by Gasteiger charge is 2.08. The predicted octanol–water partition coefficient (Wildman–Crippen LogP) is 3.29. The van der Waals surface area contributed by atoms with E-state index in [-0.39, 0.29) is 5.75 Å². The fourth-order valence-corrected chi connectivity index (χ4v) is 1.91.